The number of piperidine rings is 1. The summed E-state index contributed by atoms with van der Waals surface area (Å²) in [4.78, 5) is 15.4. The number of alkyl halides is 3. The first-order valence-corrected chi connectivity index (χ1v) is 11.1. The highest BCUT2D eigenvalue weighted by atomic mass is 35.5. The van der Waals surface area contributed by atoms with Crippen LogP contribution in [-0.2, 0) is 11.3 Å². The lowest BCUT2D eigenvalue weighted by molar-refractivity contribution is -0.173. The van der Waals surface area contributed by atoms with Crippen LogP contribution in [0.25, 0.3) is 0 Å². The maximum atomic E-state index is 12.3. The van der Waals surface area contributed by atoms with Crippen molar-refractivity contribution in [3.8, 4) is 0 Å². The topological polar surface area (TPSA) is 32.3 Å². The minimum Gasteiger partial charge on any atom is -0.348 e. The van der Waals surface area contributed by atoms with Gasteiger partial charge in [0.25, 0.3) is 0 Å². The van der Waals surface area contributed by atoms with E-state index < -0.39 is 12.1 Å². The number of hydrogen-bond acceptors (Lipinski definition) is 3. The molecule has 0 unspecified atom stereocenters. The van der Waals surface area contributed by atoms with Crippen LogP contribution in [0.4, 0.5) is 13.2 Å². The van der Waals surface area contributed by atoms with Gasteiger partial charge in [0, 0.05) is 32.9 Å². The summed E-state index contributed by atoms with van der Waals surface area (Å²) >= 11 is 13.8. The van der Waals surface area contributed by atoms with E-state index in [1.165, 1.54) is 0 Å². The number of benzene rings is 2. The van der Waals surface area contributed by atoms with Gasteiger partial charge in [-0.1, -0.05) is 41.0 Å². The fourth-order valence-electron chi connectivity index (χ4n) is 3.31. The molecule has 0 atom stereocenters. The highest BCUT2D eigenvalue weighted by molar-refractivity contribution is 7.99. The molecule has 30 heavy (non-hydrogen) atoms. The number of carbonyl (C=O) groups is 1. The van der Waals surface area contributed by atoms with Crippen molar-refractivity contribution in [3.05, 3.63) is 58.1 Å². The fourth-order valence-corrected chi connectivity index (χ4v) is 4.65. The van der Waals surface area contributed by atoms with Crippen molar-refractivity contribution in [1.82, 2.24) is 10.2 Å². The van der Waals surface area contributed by atoms with Crippen LogP contribution in [0.2, 0.25) is 10.0 Å². The number of halogens is 5. The second-order valence-electron chi connectivity index (χ2n) is 7.24. The molecule has 0 radical (unpaired) electrons. The molecule has 1 N–H and O–H groups in total. The molecule has 9 heteroatoms. The fraction of sp³-hybridized carbons (Fsp3) is 0.381. The molecule has 2 aromatic rings. The van der Waals surface area contributed by atoms with E-state index >= 15 is 0 Å². The van der Waals surface area contributed by atoms with E-state index in [2.05, 4.69) is 4.90 Å². The third-order valence-electron chi connectivity index (χ3n) is 4.98. The van der Waals surface area contributed by atoms with Crippen LogP contribution in [0, 0.1) is 5.92 Å². The SMILES string of the molecule is O=C(NCC1CCN(Cc2ccc(Cl)cc2Sc2ccc(Cl)cc2)CC1)C(F)(F)F. The second kappa shape index (κ2) is 10.3. The maximum Gasteiger partial charge on any atom is 0.471 e. The molecule has 1 fully saturated rings. The normalized spacial score (nSPS) is 15.9. The molecule has 0 spiro atoms. The largest absolute Gasteiger partial charge is 0.471 e. The van der Waals surface area contributed by atoms with Crippen molar-refractivity contribution in [1.29, 1.82) is 0 Å². The highest BCUT2D eigenvalue weighted by Crippen LogP contribution is 2.34. The van der Waals surface area contributed by atoms with Crippen LogP contribution in [-0.4, -0.2) is 36.6 Å². The zero-order chi connectivity index (χ0) is 21.7. The average molecular weight is 477 g/mol. The number of carbonyl (C=O) groups excluding carboxylic acids is 1. The zero-order valence-corrected chi connectivity index (χ0v) is 18.3. The van der Waals surface area contributed by atoms with Crippen molar-refractivity contribution in [2.75, 3.05) is 19.6 Å². The van der Waals surface area contributed by atoms with Gasteiger partial charge >= 0.3 is 12.1 Å². The van der Waals surface area contributed by atoms with Crippen molar-refractivity contribution in [2.24, 2.45) is 5.92 Å². The number of nitrogens with zero attached hydrogens (tertiary/aromatic N) is 1. The molecule has 2 aromatic carbocycles. The number of likely N-dealkylation sites (tertiary alicyclic amines) is 1. The maximum absolute atomic E-state index is 12.3. The van der Waals surface area contributed by atoms with Crippen LogP contribution in [0.3, 0.4) is 0 Å². The van der Waals surface area contributed by atoms with E-state index in [4.69, 9.17) is 23.2 Å². The van der Waals surface area contributed by atoms with Crippen molar-refractivity contribution in [3.63, 3.8) is 0 Å². The Morgan fingerprint density at radius 2 is 1.70 bits per heavy atom. The molecule has 1 amide bonds. The summed E-state index contributed by atoms with van der Waals surface area (Å²) in [6.45, 7) is 2.32. The molecule has 3 rings (SSSR count). The molecule has 0 aromatic heterocycles. The summed E-state index contributed by atoms with van der Waals surface area (Å²) in [5.74, 6) is -1.81. The summed E-state index contributed by atoms with van der Waals surface area (Å²) in [7, 11) is 0. The van der Waals surface area contributed by atoms with Gasteiger partial charge < -0.3 is 5.32 Å². The number of amides is 1. The number of hydrogen-bond donors (Lipinski definition) is 1. The molecule has 162 valence electrons. The van der Waals surface area contributed by atoms with Gasteiger partial charge in [-0.05, 0) is 73.8 Å². The number of rotatable bonds is 6. The van der Waals surface area contributed by atoms with E-state index in [9.17, 15) is 18.0 Å². The first-order chi connectivity index (χ1) is 14.2. The van der Waals surface area contributed by atoms with E-state index in [1.54, 1.807) is 11.8 Å². The minimum absolute atomic E-state index is 0.0562. The monoisotopic (exact) mass is 476 g/mol. The second-order valence-corrected chi connectivity index (χ2v) is 9.22. The Labute approximate surface area is 187 Å². The molecule has 3 nitrogen and oxygen atoms in total. The zero-order valence-electron chi connectivity index (χ0n) is 16.0. The lowest BCUT2D eigenvalue weighted by atomic mass is 9.96. The number of nitrogens with one attached hydrogen (secondary N) is 1. The lowest BCUT2D eigenvalue weighted by Gasteiger charge is -2.32. The molecule has 1 saturated heterocycles. The smallest absolute Gasteiger partial charge is 0.348 e. The van der Waals surface area contributed by atoms with E-state index in [-0.39, 0.29) is 12.5 Å². The van der Waals surface area contributed by atoms with Gasteiger partial charge in [-0.25, -0.2) is 0 Å². The third kappa shape index (κ3) is 6.80. The predicted molar refractivity (Wildman–Crippen MR) is 114 cm³/mol. The van der Waals surface area contributed by atoms with Gasteiger partial charge in [0.1, 0.15) is 0 Å². The van der Waals surface area contributed by atoms with Crippen molar-refractivity contribution < 1.29 is 18.0 Å². The predicted octanol–water partition coefficient (Wildman–Crippen LogP) is 6.04. The van der Waals surface area contributed by atoms with Crippen molar-refractivity contribution in [2.45, 2.75) is 35.4 Å². The first kappa shape index (κ1) is 23.3. The standard InChI is InChI=1S/C21H21Cl2F3N2OS/c22-16-3-5-18(6-4-16)30-19-11-17(23)2-1-15(19)13-28-9-7-14(8-10-28)12-27-20(29)21(24,25)26/h1-6,11,14H,7-10,12-13H2,(H,27,29). The summed E-state index contributed by atoms with van der Waals surface area (Å²) in [6, 6.07) is 13.4. The van der Waals surface area contributed by atoms with Gasteiger partial charge in [0.2, 0.25) is 0 Å². The van der Waals surface area contributed by atoms with Gasteiger partial charge in [-0.2, -0.15) is 13.2 Å². The molecule has 0 saturated carbocycles. The van der Waals surface area contributed by atoms with Crippen molar-refractivity contribution >= 4 is 40.9 Å². The Bertz CT molecular complexity index is 870. The Hall–Kier alpha value is -1.41. The Balaban J connectivity index is 1.56. The highest BCUT2D eigenvalue weighted by Gasteiger charge is 2.38. The molecule has 0 aliphatic carbocycles. The van der Waals surface area contributed by atoms with Crippen LogP contribution < -0.4 is 5.32 Å². The van der Waals surface area contributed by atoms with E-state index in [0.29, 0.717) is 10.0 Å². The van der Waals surface area contributed by atoms with Gasteiger partial charge in [0.15, 0.2) is 0 Å². The van der Waals surface area contributed by atoms with Crippen LogP contribution >= 0.6 is 35.0 Å². The molecular formula is C21H21Cl2F3N2OS. The molecular weight excluding hydrogens is 456 g/mol. The summed E-state index contributed by atoms with van der Waals surface area (Å²) in [5, 5.41) is 3.34. The summed E-state index contributed by atoms with van der Waals surface area (Å²) < 4.78 is 36.9. The van der Waals surface area contributed by atoms with Crippen LogP contribution in [0.5, 0.6) is 0 Å². The minimum atomic E-state index is -4.83. The molecule has 1 aliphatic rings. The Morgan fingerprint density at radius 3 is 2.33 bits per heavy atom. The lowest BCUT2D eigenvalue weighted by Crippen LogP contribution is -2.42. The van der Waals surface area contributed by atoms with Gasteiger partial charge in [-0.15, -0.1) is 0 Å². The molecule has 1 aliphatic heterocycles. The van der Waals surface area contributed by atoms with Crippen LogP contribution in [0.1, 0.15) is 18.4 Å². The molecule has 1 heterocycles. The van der Waals surface area contributed by atoms with Crippen LogP contribution in [0.15, 0.2) is 52.3 Å². The third-order valence-corrected chi connectivity index (χ3v) is 6.58. The Morgan fingerprint density at radius 1 is 1.07 bits per heavy atom. The quantitative estimate of drug-likeness (QED) is 0.551. The average Bonchev–Trinajstić information content (AvgIpc) is 2.70. The van der Waals surface area contributed by atoms with Gasteiger partial charge in [0.05, 0.1) is 0 Å². The summed E-state index contributed by atoms with van der Waals surface area (Å²) in [6.07, 6.45) is -3.34. The van der Waals surface area contributed by atoms with E-state index in [1.807, 2.05) is 47.8 Å². The van der Waals surface area contributed by atoms with E-state index in [0.717, 1.165) is 47.8 Å². The molecule has 0 bridgehead atoms. The Kier molecular flexibility index (Phi) is 7.96. The summed E-state index contributed by atoms with van der Waals surface area (Å²) in [5.41, 5.74) is 1.14. The van der Waals surface area contributed by atoms with Gasteiger partial charge in [-0.3, -0.25) is 9.69 Å². The first-order valence-electron chi connectivity index (χ1n) is 9.50.